The van der Waals surface area contributed by atoms with Gasteiger partial charge in [-0.25, -0.2) is 0 Å². The molecule has 0 aromatic heterocycles. The van der Waals surface area contributed by atoms with E-state index in [-0.39, 0.29) is 11.8 Å². The number of carbonyl (C=O) groups is 1. The second kappa shape index (κ2) is 6.21. The minimum atomic E-state index is -0.423. The molecular formula is C12H24N2O2. The fraction of sp³-hybridized carbons (Fsp3) is 0.917. The molecule has 3 unspecified atom stereocenters. The van der Waals surface area contributed by atoms with E-state index in [0.717, 1.165) is 19.5 Å². The summed E-state index contributed by atoms with van der Waals surface area (Å²) in [5.41, 5.74) is 0. The van der Waals surface area contributed by atoms with Crippen molar-refractivity contribution in [2.75, 3.05) is 19.6 Å². The summed E-state index contributed by atoms with van der Waals surface area (Å²) in [7, 11) is 0. The molecule has 0 aromatic carbocycles. The van der Waals surface area contributed by atoms with Crippen LogP contribution in [0.4, 0.5) is 0 Å². The maximum Gasteiger partial charge on any atom is 0.224 e. The number of aliphatic hydroxyl groups excluding tert-OH is 1. The summed E-state index contributed by atoms with van der Waals surface area (Å²) in [4.78, 5) is 11.8. The number of amides is 1. The minimum Gasteiger partial charge on any atom is -0.391 e. The molecule has 1 fully saturated rings. The molecule has 1 amide bonds. The highest BCUT2D eigenvalue weighted by atomic mass is 16.3. The monoisotopic (exact) mass is 228 g/mol. The molecule has 94 valence electrons. The fourth-order valence-electron chi connectivity index (χ4n) is 2.14. The van der Waals surface area contributed by atoms with Crippen LogP contribution in [0.5, 0.6) is 0 Å². The van der Waals surface area contributed by atoms with Crippen LogP contribution < -0.4 is 10.6 Å². The molecule has 3 atom stereocenters. The van der Waals surface area contributed by atoms with E-state index in [9.17, 15) is 9.90 Å². The van der Waals surface area contributed by atoms with Crippen LogP contribution in [0.2, 0.25) is 0 Å². The first-order valence-electron chi connectivity index (χ1n) is 6.17. The zero-order chi connectivity index (χ0) is 12.1. The lowest BCUT2D eigenvalue weighted by Crippen LogP contribution is -2.39. The lowest BCUT2D eigenvalue weighted by molar-refractivity contribution is -0.125. The number of nitrogens with one attached hydrogen (secondary N) is 2. The normalized spacial score (nSPS) is 27.1. The minimum absolute atomic E-state index is 0.0613. The molecule has 4 nitrogen and oxygen atoms in total. The summed E-state index contributed by atoms with van der Waals surface area (Å²) in [6.07, 6.45) is 0.312. The van der Waals surface area contributed by atoms with Crippen LogP contribution in [0.3, 0.4) is 0 Å². The molecule has 1 saturated heterocycles. The topological polar surface area (TPSA) is 61.4 Å². The lowest BCUT2D eigenvalue weighted by atomic mass is 9.97. The summed E-state index contributed by atoms with van der Waals surface area (Å²) in [5.74, 6) is 0.979. The van der Waals surface area contributed by atoms with Gasteiger partial charge in [0, 0.05) is 13.1 Å². The van der Waals surface area contributed by atoms with Gasteiger partial charge in [-0.15, -0.1) is 0 Å². The second-order valence-electron chi connectivity index (χ2n) is 5.27. The average molecular weight is 228 g/mol. The van der Waals surface area contributed by atoms with Gasteiger partial charge in [0.1, 0.15) is 0 Å². The van der Waals surface area contributed by atoms with Gasteiger partial charge in [-0.2, -0.15) is 0 Å². The van der Waals surface area contributed by atoms with Gasteiger partial charge in [0.15, 0.2) is 0 Å². The largest absolute Gasteiger partial charge is 0.391 e. The predicted molar refractivity (Wildman–Crippen MR) is 64.0 cm³/mol. The molecule has 3 N–H and O–H groups in total. The summed E-state index contributed by atoms with van der Waals surface area (Å²) < 4.78 is 0. The number of hydrogen-bond acceptors (Lipinski definition) is 3. The number of carbonyl (C=O) groups excluding carboxylic acids is 1. The van der Waals surface area contributed by atoms with Crippen LogP contribution in [0.25, 0.3) is 0 Å². The second-order valence-corrected chi connectivity index (χ2v) is 5.27. The number of aliphatic hydroxyl groups is 1. The Kier molecular flexibility index (Phi) is 5.22. The highest BCUT2D eigenvalue weighted by Crippen LogP contribution is 2.15. The Morgan fingerprint density at radius 2 is 2.19 bits per heavy atom. The Labute approximate surface area is 97.8 Å². The molecule has 0 radical (unpaired) electrons. The van der Waals surface area contributed by atoms with Crippen molar-refractivity contribution < 1.29 is 9.90 Å². The molecule has 0 bridgehead atoms. The maximum atomic E-state index is 11.8. The standard InChI is InChI=1S/C12H24N2O2/c1-8(2)4-10(15)6-14-12(16)11-7-13-5-9(11)3/h8-11,13,15H,4-7H2,1-3H3,(H,14,16). The Balaban J connectivity index is 2.24. The maximum absolute atomic E-state index is 11.8. The summed E-state index contributed by atoms with van der Waals surface area (Å²) in [5, 5.41) is 15.7. The molecule has 1 heterocycles. The van der Waals surface area contributed by atoms with Crippen molar-refractivity contribution in [2.24, 2.45) is 17.8 Å². The van der Waals surface area contributed by atoms with E-state index in [1.54, 1.807) is 0 Å². The molecule has 4 heteroatoms. The van der Waals surface area contributed by atoms with E-state index >= 15 is 0 Å². The molecule has 0 saturated carbocycles. The van der Waals surface area contributed by atoms with Crippen LogP contribution >= 0.6 is 0 Å². The number of rotatable bonds is 5. The summed E-state index contributed by atoms with van der Waals surface area (Å²) >= 11 is 0. The van der Waals surface area contributed by atoms with Gasteiger partial charge >= 0.3 is 0 Å². The van der Waals surface area contributed by atoms with Crippen LogP contribution in [-0.2, 0) is 4.79 Å². The van der Waals surface area contributed by atoms with Crippen molar-refractivity contribution in [3.05, 3.63) is 0 Å². The van der Waals surface area contributed by atoms with Gasteiger partial charge in [0.25, 0.3) is 0 Å². The Bertz CT molecular complexity index is 231. The molecule has 1 aliphatic heterocycles. The van der Waals surface area contributed by atoms with Gasteiger partial charge in [0.2, 0.25) is 5.91 Å². The molecule has 0 spiro atoms. The number of hydrogen-bond donors (Lipinski definition) is 3. The highest BCUT2D eigenvalue weighted by Gasteiger charge is 2.29. The Morgan fingerprint density at radius 1 is 1.50 bits per heavy atom. The first kappa shape index (κ1) is 13.5. The van der Waals surface area contributed by atoms with E-state index < -0.39 is 6.10 Å². The van der Waals surface area contributed by atoms with Crippen molar-refractivity contribution in [3.63, 3.8) is 0 Å². The van der Waals surface area contributed by atoms with Gasteiger partial charge in [0.05, 0.1) is 12.0 Å². The molecule has 1 aliphatic rings. The van der Waals surface area contributed by atoms with Gasteiger partial charge in [-0.05, 0) is 24.8 Å². The smallest absolute Gasteiger partial charge is 0.224 e. The summed E-state index contributed by atoms with van der Waals surface area (Å²) in [6.45, 7) is 8.25. The van der Waals surface area contributed by atoms with E-state index in [1.165, 1.54) is 0 Å². The lowest BCUT2D eigenvalue weighted by Gasteiger charge is -2.17. The van der Waals surface area contributed by atoms with E-state index in [2.05, 4.69) is 31.4 Å². The van der Waals surface area contributed by atoms with Crippen LogP contribution in [0.15, 0.2) is 0 Å². The van der Waals surface area contributed by atoms with Crippen molar-refractivity contribution in [1.29, 1.82) is 0 Å². The molecule has 0 aromatic rings. The van der Waals surface area contributed by atoms with Crippen molar-refractivity contribution in [3.8, 4) is 0 Å². The van der Waals surface area contributed by atoms with E-state index in [0.29, 0.717) is 18.4 Å². The van der Waals surface area contributed by atoms with Crippen molar-refractivity contribution >= 4 is 5.91 Å². The molecular weight excluding hydrogens is 204 g/mol. The third-order valence-corrected chi connectivity index (χ3v) is 3.11. The first-order chi connectivity index (χ1) is 7.50. The van der Waals surface area contributed by atoms with Gasteiger partial charge in [-0.1, -0.05) is 20.8 Å². The zero-order valence-corrected chi connectivity index (χ0v) is 10.5. The van der Waals surface area contributed by atoms with Crippen LogP contribution in [0, 0.1) is 17.8 Å². The zero-order valence-electron chi connectivity index (χ0n) is 10.5. The average Bonchev–Trinajstić information content (AvgIpc) is 2.60. The van der Waals surface area contributed by atoms with Gasteiger partial charge < -0.3 is 15.7 Å². The SMILES string of the molecule is CC(C)CC(O)CNC(=O)C1CNCC1C. The third-order valence-electron chi connectivity index (χ3n) is 3.11. The van der Waals surface area contributed by atoms with E-state index in [1.807, 2.05) is 0 Å². The van der Waals surface area contributed by atoms with Crippen molar-refractivity contribution in [1.82, 2.24) is 10.6 Å². The fourth-order valence-corrected chi connectivity index (χ4v) is 2.14. The Morgan fingerprint density at radius 3 is 2.69 bits per heavy atom. The van der Waals surface area contributed by atoms with Gasteiger partial charge in [-0.3, -0.25) is 4.79 Å². The van der Waals surface area contributed by atoms with Crippen LogP contribution in [0.1, 0.15) is 27.2 Å². The van der Waals surface area contributed by atoms with Crippen LogP contribution in [-0.4, -0.2) is 36.8 Å². The molecule has 16 heavy (non-hydrogen) atoms. The summed E-state index contributed by atoms with van der Waals surface area (Å²) in [6, 6.07) is 0. The van der Waals surface area contributed by atoms with Crippen molar-refractivity contribution in [2.45, 2.75) is 33.3 Å². The van der Waals surface area contributed by atoms with E-state index in [4.69, 9.17) is 0 Å². The first-order valence-corrected chi connectivity index (χ1v) is 6.17. The third kappa shape index (κ3) is 4.10. The quantitative estimate of drug-likeness (QED) is 0.637. The Hall–Kier alpha value is -0.610. The molecule has 0 aliphatic carbocycles. The molecule has 1 rings (SSSR count). The predicted octanol–water partition coefficient (Wildman–Crippen LogP) is 0.365. The highest BCUT2D eigenvalue weighted by molar-refractivity contribution is 5.79.